The molecule has 1 aliphatic rings. The summed E-state index contributed by atoms with van der Waals surface area (Å²) in [5, 5.41) is 0. The number of fused-ring (bicyclic) bond motifs is 1. The molecule has 0 fully saturated rings. The van der Waals surface area contributed by atoms with Crippen LogP contribution < -0.4 is 0 Å². The first kappa shape index (κ1) is 12.3. The van der Waals surface area contributed by atoms with Crippen LogP contribution in [0.3, 0.4) is 0 Å². The van der Waals surface area contributed by atoms with E-state index in [1.807, 2.05) is 11.5 Å². The van der Waals surface area contributed by atoms with E-state index in [1.165, 1.54) is 6.07 Å². The lowest BCUT2D eigenvalue weighted by Crippen LogP contribution is -2.14. The number of alkyl halides is 4. The van der Waals surface area contributed by atoms with Gasteiger partial charge >= 0.3 is 6.18 Å². The molecule has 0 bridgehead atoms. The highest BCUT2D eigenvalue weighted by Gasteiger charge is 2.38. The summed E-state index contributed by atoms with van der Waals surface area (Å²) in [6.07, 6.45) is -1.47. The minimum Gasteiger partial charge on any atom is -0.347 e. The van der Waals surface area contributed by atoms with Crippen LogP contribution in [0.4, 0.5) is 13.2 Å². The van der Waals surface area contributed by atoms with Gasteiger partial charge in [-0.2, -0.15) is 13.2 Å². The molecule has 1 aliphatic heterocycles. The van der Waals surface area contributed by atoms with Gasteiger partial charge in [-0.3, -0.25) is 0 Å². The average molecular weight is 343 g/mol. The summed E-state index contributed by atoms with van der Waals surface area (Å²) < 4.78 is 40.4. The Hall–Kier alpha value is -0.200. The fourth-order valence-electron chi connectivity index (χ4n) is 2.32. The van der Waals surface area contributed by atoms with Crippen molar-refractivity contribution in [3.8, 4) is 0 Å². The molecule has 2 rings (SSSR count). The van der Waals surface area contributed by atoms with E-state index in [-0.39, 0.29) is 3.92 Å². The predicted molar refractivity (Wildman–Crippen MR) is 64.8 cm³/mol. The Morgan fingerprint density at radius 3 is 2.62 bits per heavy atom. The summed E-state index contributed by atoms with van der Waals surface area (Å²) in [7, 11) is 0. The smallest absolute Gasteiger partial charge is 0.347 e. The van der Waals surface area contributed by atoms with Crippen molar-refractivity contribution in [1.29, 1.82) is 0 Å². The van der Waals surface area contributed by atoms with E-state index in [0.29, 0.717) is 5.69 Å². The molecule has 0 saturated carbocycles. The number of aromatic nitrogens is 1. The number of nitrogens with zero attached hydrogens (tertiary/aromatic N) is 1. The van der Waals surface area contributed by atoms with E-state index in [4.69, 9.17) is 0 Å². The molecule has 1 aromatic rings. The van der Waals surface area contributed by atoms with Gasteiger partial charge in [-0.1, -0.05) is 22.6 Å². The zero-order chi connectivity index (χ0) is 11.9. The second-order valence-electron chi connectivity index (χ2n) is 4.16. The van der Waals surface area contributed by atoms with Crippen LogP contribution in [0.2, 0.25) is 0 Å². The first-order valence-electron chi connectivity index (χ1n) is 5.35. The Morgan fingerprint density at radius 2 is 2.06 bits per heavy atom. The van der Waals surface area contributed by atoms with Gasteiger partial charge in [0.1, 0.15) is 0 Å². The molecule has 1 atom stereocenters. The Labute approximate surface area is 106 Å². The van der Waals surface area contributed by atoms with Crippen LogP contribution in [0.25, 0.3) is 0 Å². The molecular weight excluding hydrogens is 330 g/mol. The number of hydrogen-bond donors (Lipinski definition) is 0. The van der Waals surface area contributed by atoms with Crippen LogP contribution in [0.15, 0.2) is 6.07 Å². The van der Waals surface area contributed by atoms with Crippen molar-refractivity contribution in [3.05, 3.63) is 23.0 Å². The molecule has 0 spiro atoms. The SMILES string of the molecule is CC(I)c1c(C(F)(F)F)cc2n1CCCC2. The van der Waals surface area contributed by atoms with Crippen molar-refractivity contribution in [2.24, 2.45) is 0 Å². The third kappa shape index (κ3) is 2.10. The minimum atomic E-state index is -4.22. The lowest BCUT2D eigenvalue weighted by molar-refractivity contribution is -0.138. The number of halogens is 4. The normalized spacial score (nSPS) is 18.3. The standard InChI is InChI=1S/C11H13F3IN/c1-7(15)10-9(11(12,13)14)6-8-4-2-3-5-16(8)10/h6-7H,2-5H2,1H3. The molecule has 5 heteroatoms. The molecular formula is C11H13F3IN. The summed E-state index contributed by atoms with van der Waals surface area (Å²) in [5.41, 5.74) is 0.853. The molecule has 16 heavy (non-hydrogen) atoms. The quantitative estimate of drug-likeness (QED) is 0.528. The Bertz CT molecular complexity index is 393. The van der Waals surface area contributed by atoms with Crippen LogP contribution in [0.1, 0.15) is 40.6 Å². The molecule has 0 amide bonds. The maximum atomic E-state index is 12.9. The zero-order valence-corrected chi connectivity index (χ0v) is 11.1. The third-order valence-electron chi connectivity index (χ3n) is 2.97. The van der Waals surface area contributed by atoms with Crippen LogP contribution >= 0.6 is 22.6 Å². The molecule has 0 N–H and O–H groups in total. The van der Waals surface area contributed by atoms with Gasteiger partial charge in [0, 0.05) is 21.9 Å². The summed E-state index contributed by atoms with van der Waals surface area (Å²) in [5.74, 6) is 0. The van der Waals surface area contributed by atoms with E-state index in [2.05, 4.69) is 22.6 Å². The van der Waals surface area contributed by atoms with Gasteiger partial charge in [0.05, 0.1) is 5.56 Å². The van der Waals surface area contributed by atoms with Gasteiger partial charge in [0.25, 0.3) is 0 Å². The number of rotatable bonds is 1. The van der Waals surface area contributed by atoms with E-state index in [0.717, 1.165) is 31.5 Å². The summed E-state index contributed by atoms with van der Waals surface area (Å²) >= 11 is 2.06. The molecule has 90 valence electrons. The fraction of sp³-hybridized carbons (Fsp3) is 0.636. The first-order valence-corrected chi connectivity index (χ1v) is 6.59. The van der Waals surface area contributed by atoms with E-state index in [9.17, 15) is 13.2 Å². The van der Waals surface area contributed by atoms with Gasteiger partial charge < -0.3 is 4.57 Å². The molecule has 1 aromatic heterocycles. The molecule has 1 nitrogen and oxygen atoms in total. The van der Waals surface area contributed by atoms with E-state index in [1.54, 1.807) is 0 Å². The molecule has 0 radical (unpaired) electrons. The van der Waals surface area contributed by atoms with Gasteiger partial charge in [-0.05, 0) is 32.3 Å². The highest BCUT2D eigenvalue weighted by atomic mass is 127. The predicted octanol–water partition coefficient (Wildman–Crippen LogP) is 4.34. The van der Waals surface area contributed by atoms with Crippen LogP contribution in [0.5, 0.6) is 0 Å². The van der Waals surface area contributed by atoms with Crippen LogP contribution in [-0.2, 0) is 19.1 Å². The Kier molecular flexibility index (Phi) is 3.25. The third-order valence-corrected chi connectivity index (χ3v) is 3.56. The lowest BCUT2D eigenvalue weighted by Gasteiger charge is -2.20. The Morgan fingerprint density at radius 1 is 1.38 bits per heavy atom. The molecule has 0 aliphatic carbocycles. The van der Waals surface area contributed by atoms with Gasteiger partial charge in [-0.15, -0.1) is 0 Å². The van der Waals surface area contributed by atoms with Gasteiger partial charge in [0.15, 0.2) is 0 Å². The maximum Gasteiger partial charge on any atom is 0.418 e. The van der Waals surface area contributed by atoms with Crippen molar-refractivity contribution in [3.63, 3.8) is 0 Å². The second-order valence-corrected chi connectivity index (χ2v) is 6.03. The van der Waals surface area contributed by atoms with Gasteiger partial charge in [0.2, 0.25) is 0 Å². The highest BCUT2D eigenvalue weighted by molar-refractivity contribution is 14.1. The van der Waals surface area contributed by atoms with Gasteiger partial charge in [-0.25, -0.2) is 0 Å². The maximum absolute atomic E-state index is 12.9. The average Bonchev–Trinajstić information content (AvgIpc) is 2.55. The summed E-state index contributed by atoms with van der Waals surface area (Å²) in [4.78, 5) is 0. The summed E-state index contributed by atoms with van der Waals surface area (Å²) in [6, 6.07) is 1.34. The fourth-order valence-corrected chi connectivity index (χ4v) is 2.99. The van der Waals surface area contributed by atoms with Crippen molar-refractivity contribution in [2.75, 3.05) is 0 Å². The second kappa shape index (κ2) is 4.23. The number of aryl methyl sites for hydroxylation is 1. The molecule has 1 unspecified atom stereocenters. The van der Waals surface area contributed by atoms with Crippen molar-refractivity contribution >= 4 is 22.6 Å². The monoisotopic (exact) mass is 343 g/mol. The van der Waals surface area contributed by atoms with E-state index >= 15 is 0 Å². The zero-order valence-electron chi connectivity index (χ0n) is 8.94. The highest BCUT2D eigenvalue weighted by Crippen LogP contribution is 2.40. The van der Waals surface area contributed by atoms with Crippen molar-refractivity contribution in [2.45, 2.75) is 42.8 Å². The molecule has 0 aromatic carbocycles. The van der Waals surface area contributed by atoms with E-state index < -0.39 is 11.7 Å². The molecule has 2 heterocycles. The summed E-state index contributed by atoms with van der Waals surface area (Å²) in [6.45, 7) is 2.54. The lowest BCUT2D eigenvalue weighted by atomic mass is 10.1. The number of hydrogen-bond acceptors (Lipinski definition) is 0. The molecule has 0 saturated heterocycles. The van der Waals surface area contributed by atoms with Crippen molar-refractivity contribution in [1.82, 2.24) is 4.57 Å². The van der Waals surface area contributed by atoms with Crippen LogP contribution in [-0.4, -0.2) is 4.57 Å². The van der Waals surface area contributed by atoms with Crippen molar-refractivity contribution < 1.29 is 13.2 Å². The topological polar surface area (TPSA) is 4.93 Å². The Balaban J connectivity index is 2.56. The first-order chi connectivity index (χ1) is 7.41. The van der Waals surface area contributed by atoms with Crippen LogP contribution in [0, 0.1) is 0 Å². The minimum absolute atomic E-state index is 0.110. The largest absolute Gasteiger partial charge is 0.418 e.